The average Bonchev–Trinajstić information content (AvgIpc) is 2.38. The fourth-order valence-electron chi connectivity index (χ4n) is 1.94. The summed E-state index contributed by atoms with van der Waals surface area (Å²) in [7, 11) is 0. The molecule has 0 aliphatic carbocycles. The van der Waals surface area contributed by atoms with Crippen molar-refractivity contribution in [2.75, 3.05) is 0 Å². The van der Waals surface area contributed by atoms with Gasteiger partial charge in [0.25, 0.3) is 10.8 Å². The van der Waals surface area contributed by atoms with Gasteiger partial charge in [0, 0.05) is 17.8 Å². The first-order chi connectivity index (χ1) is 8.68. The van der Waals surface area contributed by atoms with Crippen LogP contribution in [0, 0.1) is 0 Å². The standard InChI is InChI=1S/C13H7ClN2O2/c14-11(17)10-7-15-12-9-4-2-1-3-8(9)5-6-16(12)13(10)18/h1-7H. The number of nitrogens with zero attached hydrogens (tertiary/aromatic N) is 2. The molecule has 18 heavy (non-hydrogen) atoms. The first kappa shape index (κ1) is 10.9. The molecule has 0 unspecified atom stereocenters. The third kappa shape index (κ3) is 1.50. The largest absolute Gasteiger partial charge is 0.275 e. The third-order valence-electron chi connectivity index (χ3n) is 2.81. The van der Waals surface area contributed by atoms with Gasteiger partial charge in [-0.05, 0) is 23.1 Å². The predicted molar refractivity (Wildman–Crippen MR) is 69.2 cm³/mol. The molecule has 0 amide bonds. The van der Waals surface area contributed by atoms with Crippen LogP contribution in [0.5, 0.6) is 0 Å². The fourth-order valence-corrected chi connectivity index (χ4v) is 2.07. The lowest BCUT2D eigenvalue weighted by Crippen LogP contribution is -2.20. The van der Waals surface area contributed by atoms with Crippen LogP contribution in [-0.4, -0.2) is 14.6 Å². The van der Waals surface area contributed by atoms with Crippen LogP contribution >= 0.6 is 11.6 Å². The number of rotatable bonds is 1. The number of benzene rings is 1. The maximum atomic E-state index is 12.0. The van der Waals surface area contributed by atoms with E-state index in [1.54, 1.807) is 12.3 Å². The minimum atomic E-state index is -0.796. The Morgan fingerprint density at radius 1 is 1.22 bits per heavy atom. The van der Waals surface area contributed by atoms with Crippen LogP contribution in [-0.2, 0) is 0 Å². The number of aromatic nitrogens is 2. The minimum Gasteiger partial charge on any atom is -0.275 e. The highest BCUT2D eigenvalue weighted by Gasteiger charge is 2.11. The molecule has 5 heteroatoms. The number of hydrogen-bond donors (Lipinski definition) is 0. The van der Waals surface area contributed by atoms with Gasteiger partial charge in [0.15, 0.2) is 0 Å². The van der Waals surface area contributed by atoms with E-state index < -0.39 is 10.8 Å². The lowest BCUT2D eigenvalue weighted by Gasteiger charge is -2.04. The Morgan fingerprint density at radius 3 is 2.78 bits per heavy atom. The first-order valence-electron chi connectivity index (χ1n) is 5.27. The Kier molecular flexibility index (Phi) is 2.38. The summed E-state index contributed by atoms with van der Waals surface area (Å²) in [5, 5.41) is 1.04. The zero-order valence-corrected chi connectivity index (χ0v) is 9.89. The van der Waals surface area contributed by atoms with Crippen LogP contribution < -0.4 is 5.56 Å². The van der Waals surface area contributed by atoms with Crippen molar-refractivity contribution in [2.24, 2.45) is 0 Å². The molecule has 0 spiro atoms. The van der Waals surface area contributed by atoms with Gasteiger partial charge in [0.05, 0.1) is 0 Å². The van der Waals surface area contributed by atoms with Gasteiger partial charge < -0.3 is 0 Å². The van der Waals surface area contributed by atoms with Crippen LogP contribution in [0.15, 0.2) is 47.5 Å². The van der Waals surface area contributed by atoms with Gasteiger partial charge in [-0.3, -0.25) is 14.0 Å². The van der Waals surface area contributed by atoms with Crippen LogP contribution in [0.2, 0.25) is 0 Å². The second kappa shape index (κ2) is 3.92. The van der Waals surface area contributed by atoms with Crippen molar-refractivity contribution < 1.29 is 4.79 Å². The van der Waals surface area contributed by atoms with Crippen LogP contribution in [0.1, 0.15) is 10.4 Å². The topological polar surface area (TPSA) is 51.4 Å². The second-order valence-electron chi connectivity index (χ2n) is 3.85. The molecule has 1 aromatic carbocycles. The van der Waals surface area contributed by atoms with E-state index in [9.17, 15) is 9.59 Å². The average molecular weight is 259 g/mol. The Morgan fingerprint density at radius 2 is 2.00 bits per heavy atom. The summed E-state index contributed by atoms with van der Waals surface area (Å²) in [5.74, 6) is 0. The Bertz CT molecular complexity index is 839. The highest BCUT2D eigenvalue weighted by molar-refractivity contribution is 6.67. The SMILES string of the molecule is O=C(Cl)c1cnc2c3ccccc3ccn2c1=O. The highest BCUT2D eigenvalue weighted by atomic mass is 35.5. The zero-order valence-electron chi connectivity index (χ0n) is 9.13. The number of halogens is 1. The van der Waals surface area contributed by atoms with E-state index in [1.807, 2.05) is 24.3 Å². The molecule has 0 aliphatic heterocycles. The number of hydrogen-bond acceptors (Lipinski definition) is 3. The predicted octanol–water partition coefficient (Wildman–Crippen LogP) is 2.23. The molecule has 4 nitrogen and oxygen atoms in total. The molecule has 0 saturated carbocycles. The summed E-state index contributed by atoms with van der Waals surface area (Å²) in [4.78, 5) is 27.3. The maximum Gasteiger partial charge on any atom is 0.270 e. The van der Waals surface area contributed by atoms with Crippen LogP contribution in [0.4, 0.5) is 0 Å². The molecular formula is C13H7ClN2O2. The molecule has 0 aliphatic rings. The summed E-state index contributed by atoms with van der Waals surface area (Å²) in [6.45, 7) is 0. The van der Waals surface area contributed by atoms with Crippen molar-refractivity contribution in [3.8, 4) is 0 Å². The Balaban J connectivity index is 2.52. The number of carbonyl (C=O) groups excluding carboxylic acids is 1. The molecule has 0 bridgehead atoms. The molecule has 3 rings (SSSR count). The maximum absolute atomic E-state index is 12.0. The van der Waals surface area contributed by atoms with Crippen molar-refractivity contribution in [1.29, 1.82) is 0 Å². The molecule has 0 radical (unpaired) electrons. The van der Waals surface area contributed by atoms with Crippen molar-refractivity contribution in [3.63, 3.8) is 0 Å². The van der Waals surface area contributed by atoms with Crippen molar-refractivity contribution in [3.05, 3.63) is 58.6 Å². The van der Waals surface area contributed by atoms with Gasteiger partial charge in [0.2, 0.25) is 0 Å². The van der Waals surface area contributed by atoms with Gasteiger partial charge in [-0.25, -0.2) is 4.98 Å². The number of pyridine rings is 1. The minimum absolute atomic E-state index is 0.121. The first-order valence-corrected chi connectivity index (χ1v) is 5.65. The van der Waals surface area contributed by atoms with E-state index in [0.717, 1.165) is 10.8 Å². The van der Waals surface area contributed by atoms with Gasteiger partial charge in [0.1, 0.15) is 11.2 Å². The van der Waals surface area contributed by atoms with Crippen molar-refractivity contribution in [1.82, 2.24) is 9.38 Å². The van der Waals surface area contributed by atoms with E-state index in [-0.39, 0.29) is 5.56 Å². The lowest BCUT2D eigenvalue weighted by molar-refractivity contribution is 0.107. The molecule has 2 heterocycles. The lowest BCUT2D eigenvalue weighted by atomic mass is 10.1. The monoisotopic (exact) mass is 258 g/mol. The number of fused-ring (bicyclic) bond motifs is 3. The van der Waals surface area contributed by atoms with Crippen LogP contribution in [0.25, 0.3) is 16.4 Å². The highest BCUT2D eigenvalue weighted by Crippen LogP contribution is 2.16. The quantitative estimate of drug-likeness (QED) is 0.497. The zero-order chi connectivity index (χ0) is 12.7. The van der Waals surface area contributed by atoms with E-state index >= 15 is 0 Å². The van der Waals surface area contributed by atoms with Crippen molar-refractivity contribution in [2.45, 2.75) is 0 Å². The second-order valence-corrected chi connectivity index (χ2v) is 4.19. The molecule has 0 N–H and O–H groups in total. The number of carbonyl (C=O) groups is 1. The summed E-state index contributed by atoms with van der Waals surface area (Å²) < 4.78 is 1.33. The van der Waals surface area contributed by atoms with E-state index in [1.165, 1.54) is 10.6 Å². The molecule has 2 aromatic heterocycles. The van der Waals surface area contributed by atoms with E-state index in [0.29, 0.717) is 5.65 Å². The molecule has 0 atom stereocenters. The van der Waals surface area contributed by atoms with E-state index in [2.05, 4.69) is 4.98 Å². The molecule has 3 aromatic rings. The van der Waals surface area contributed by atoms with Gasteiger partial charge >= 0.3 is 0 Å². The van der Waals surface area contributed by atoms with Crippen LogP contribution in [0.3, 0.4) is 0 Å². The Labute approximate surface area is 106 Å². The van der Waals surface area contributed by atoms with Gasteiger partial charge in [-0.1, -0.05) is 24.3 Å². The van der Waals surface area contributed by atoms with Gasteiger partial charge in [-0.15, -0.1) is 0 Å². The summed E-state index contributed by atoms with van der Waals surface area (Å²) >= 11 is 5.33. The Hall–Kier alpha value is -2.20. The molecule has 0 saturated heterocycles. The van der Waals surface area contributed by atoms with Gasteiger partial charge in [-0.2, -0.15) is 0 Å². The van der Waals surface area contributed by atoms with Crippen molar-refractivity contribution >= 4 is 33.3 Å². The summed E-state index contributed by atoms with van der Waals surface area (Å²) in [6.07, 6.45) is 2.82. The normalized spacial score (nSPS) is 10.9. The summed E-state index contributed by atoms with van der Waals surface area (Å²) in [6, 6.07) is 9.39. The fraction of sp³-hybridized carbons (Fsp3) is 0. The smallest absolute Gasteiger partial charge is 0.270 e. The van der Waals surface area contributed by atoms with E-state index in [4.69, 9.17) is 11.6 Å². The molecule has 0 fully saturated rings. The molecular weight excluding hydrogens is 252 g/mol. The third-order valence-corrected chi connectivity index (χ3v) is 3.01. The summed E-state index contributed by atoms with van der Waals surface area (Å²) in [5.41, 5.74) is -0.0602. The molecule has 88 valence electrons.